The van der Waals surface area contributed by atoms with Crippen molar-refractivity contribution in [2.45, 2.75) is 0 Å². The Morgan fingerprint density at radius 2 is 2.23 bits per heavy atom. The summed E-state index contributed by atoms with van der Waals surface area (Å²) in [6.45, 7) is 0. The van der Waals surface area contributed by atoms with E-state index in [1.54, 1.807) is 18.2 Å². The normalized spacial score (nSPS) is 10.6. The van der Waals surface area contributed by atoms with Crippen LogP contribution in [0.4, 0.5) is 0 Å². The maximum atomic E-state index is 11.2. The SMILES string of the molecule is [O-][n+]1nc(Cl)nc2c(Br)cccc21. The third kappa shape index (κ3) is 1.45. The highest BCUT2D eigenvalue weighted by Gasteiger charge is 2.10. The van der Waals surface area contributed by atoms with E-state index >= 15 is 0 Å². The average Bonchev–Trinajstić information content (AvgIpc) is 2.07. The van der Waals surface area contributed by atoms with Gasteiger partial charge >= 0.3 is 0 Å². The van der Waals surface area contributed by atoms with Gasteiger partial charge in [-0.2, -0.15) is 0 Å². The molecule has 0 unspecified atom stereocenters. The number of hydrogen-bond acceptors (Lipinski definition) is 3. The van der Waals surface area contributed by atoms with Gasteiger partial charge in [-0.1, -0.05) is 6.07 Å². The molecule has 2 aromatic rings. The first kappa shape index (κ1) is 8.65. The lowest BCUT2D eigenvalue weighted by molar-refractivity contribution is -0.643. The second-order valence-electron chi connectivity index (χ2n) is 2.36. The first-order valence-electron chi connectivity index (χ1n) is 3.40. The smallest absolute Gasteiger partial charge is 0.290 e. The Hall–Kier alpha value is -0.940. The second kappa shape index (κ2) is 3.08. The third-order valence-electron chi connectivity index (χ3n) is 1.55. The summed E-state index contributed by atoms with van der Waals surface area (Å²) in [7, 11) is 0. The van der Waals surface area contributed by atoms with Gasteiger partial charge in [0.15, 0.2) is 5.52 Å². The van der Waals surface area contributed by atoms with E-state index in [1.807, 2.05) is 0 Å². The Bertz CT molecular complexity index is 476. The Morgan fingerprint density at radius 3 is 3.00 bits per heavy atom. The average molecular weight is 260 g/mol. The second-order valence-corrected chi connectivity index (χ2v) is 3.55. The van der Waals surface area contributed by atoms with Crippen LogP contribution in [0.15, 0.2) is 22.7 Å². The number of nitrogens with zero attached hydrogens (tertiary/aromatic N) is 3. The van der Waals surface area contributed by atoms with E-state index in [9.17, 15) is 5.21 Å². The van der Waals surface area contributed by atoms with Gasteiger partial charge < -0.3 is 5.21 Å². The van der Waals surface area contributed by atoms with Gasteiger partial charge in [0.2, 0.25) is 0 Å². The quantitative estimate of drug-likeness (QED) is 0.535. The molecule has 66 valence electrons. The van der Waals surface area contributed by atoms with Crippen LogP contribution in [0.1, 0.15) is 0 Å². The van der Waals surface area contributed by atoms with Crippen molar-refractivity contribution in [1.29, 1.82) is 0 Å². The van der Waals surface area contributed by atoms with Gasteiger partial charge in [0.1, 0.15) is 0 Å². The Labute approximate surface area is 86.9 Å². The lowest BCUT2D eigenvalue weighted by atomic mass is 10.3. The van der Waals surface area contributed by atoms with Gasteiger partial charge in [-0.25, -0.2) is 4.98 Å². The molecule has 6 heteroatoms. The van der Waals surface area contributed by atoms with Crippen LogP contribution < -0.4 is 4.85 Å². The highest BCUT2D eigenvalue weighted by Crippen LogP contribution is 2.19. The monoisotopic (exact) mass is 259 g/mol. The predicted molar refractivity (Wildman–Crippen MR) is 51.2 cm³/mol. The van der Waals surface area contributed by atoms with Crippen molar-refractivity contribution in [3.63, 3.8) is 0 Å². The molecule has 1 heterocycles. The Kier molecular flexibility index (Phi) is 2.05. The van der Waals surface area contributed by atoms with Gasteiger partial charge in [-0.3, -0.25) is 0 Å². The van der Waals surface area contributed by atoms with Crippen LogP contribution in [0.3, 0.4) is 0 Å². The molecule has 0 saturated carbocycles. The van der Waals surface area contributed by atoms with Crippen LogP contribution in [0, 0.1) is 5.21 Å². The van der Waals surface area contributed by atoms with Crippen LogP contribution in [0.5, 0.6) is 0 Å². The van der Waals surface area contributed by atoms with Crippen molar-refractivity contribution in [1.82, 2.24) is 10.1 Å². The summed E-state index contributed by atoms with van der Waals surface area (Å²) in [6.07, 6.45) is 0. The summed E-state index contributed by atoms with van der Waals surface area (Å²) in [4.78, 5) is 4.38. The lowest BCUT2D eigenvalue weighted by Crippen LogP contribution is -2.32. The minimum Gasteiger partial charge on any atom is -0.594 e. The molecule has 2 rings (SSSR count). The standard InChI is InChI=1S/C7H3BrClN3O/c8-4-2-1-3-5-6(4)10-7(9)11-12(5)13/h1-3H. The minimum atomic E-state index is -0.0607. The highest BCUT2D eigenvalue weighted by molar-refractivity contribution is 9.10. The molecule has 0 saturated heterocycles. The fraction of sp³-hybridized carbons (Fsp3) is 0. The highest BCUT2D eigenvalue weighted by atomic mass is 79.9. The van der Waals surface area contributed by atoms with Crippen LogP contribution >= 0.6 is 27.5 Å². The van der Waals surface area contributed by atoms with E-state index in [-0.39, 0.29) is 5.28 Å². The summed E-state index contributed by atoms with van der Waals surface area (Å²) < 4.78 is 0.721. The molecular formula is C7H3BrClN3O. The van der Waals surface area contributed by atoms with Gasteiger partial charge in [-0.05, 0) is 38.4 Å². The number of hydrogen-bond donors (Lipinski definition) is 0. The minimum absolute atomic E-state index is 0.0607. The van der Waals surface area contributed by atoms with Crippen LogP contribution in [-0.2, 0) is 0 Å². The summed E-state index contributed by atoms with van der Waals surface area (Å²) in [6, 6.07) is 5.15. The predicted octanol–water partition coefficient (Wildman–Crippen LogP) is 1.68. The van der Waals surface area contributed by atoms with Crippen LogP contribution in [0.2, 0.25) is 5.28 Å². The van der Waals surface area contributed by atoms with E-state index in [0.29, 0.717) is 15.9 Å². The van der Waals surface area contributed by atoms with Crippen molar-refractivity contribution in [3.05, 3.63) is 33.2 Å². The number of benzene rings is 1. The molecular weight excluding hydrogens is 257 g/mol. The fourth-order valence-electron chi connectivity index (χ4n) is 1.01. The molecule has 13 heavy (non-hydrogen) atoms. The van der Waals surface area contributed by atoms with Gasteiger partial charge in [0.05, 0.1) is 4.47 Å². The summed E-state index contributed by atoms with van der Waals surface area (Å²) in [5, 5.41) is 14.6. The first-order valence-corrected chi connectivity index (χ1v) is 4.57. The van der Waals surface area contributed by atoms with E-state index in [1.165, 1.54) is 0 Å². The molecule has 0 aliphatic rings. The zero-order valence-corrected chi connectivity index (χ0v) is 8.58. The Balaban J connectivity index is 2.94. The van der Waals surface area contributed by atoms with Crippen molar-refractivity contribution >= 4 is 38.6 Å². The number of rotatable bonds is 0. The summed E-state index contributed by atoms with van der Waals surface area (Å²) >= 11 is 8.80. The molecule has 0 bridgehead atoms. The van der Waals surface area contributed by atoms with E-state index in [4.69, 9.17) is 11.6 Å². The molecule has 0 aliphatic heterocycles. The number of aromatic nitrogens is 3. The fourth-order valence-corrected chi connectivity index (χ4v) is 1.61. The molecule has 0 radical (unpaired) electrons. The molecule has 0 fully saturated rings. The van der Waals surface area contributed by atoms with E-state index in [0.717, 1.165) is 4.47 Å². The largest absolute Gasteiger partial charge is 0.594 e. The lowest BCUT2D eigenvalue weighted by Gasteiger charge is -1.99. The molecule has 0 aliphatic carbocycles. The summed E-state index contributed by atoms with van der Waals surface area (Å²) in [5.41, 5.74) is 0.899. The number of fused-ring (bicyclic) bond motifs is 1. The maximum absolute atomic E-state index is 11.2. The first-order chi connectivity index (χ1) is 6.18. The van der Waals surface area contributed by atoms with Crippen molar-refractivity contribution in [2.24, 2.45) is 0 Å². The van der Waals surface area contributed by atoms with Gasteiger partial charge in [-0.15, -0.1) is 0 Å². The zero-order chi connectivity index (χ0) is 9.42. The molecule has 1 aromatic carbocycles. The summed E-state index contributed by atoms with van der Waals surface area (Å²) in [5.74, 6) is 0. The van der Waals surface area contributed by atoms with Crippen molar-refractivity contribution in [2.75, 3.05) is 0 Å². The van der Waals surface area contributed by atoms with Gasteiger partial charge in [0.25, 0.3) is 10.8 Å². The molecule has 4 nitrogen and oxygen atoms in total. The number of para-hydroxylation sites is 1. The zero-order valence-electron chi connectivity index (χ0n) is 6.24. The van der Waals surface area contributed by atoms with E-state index < -0.39 is 0 Å². The molecule has 1 aromatic heterocycles. The van der Waals surface area contributed by atoms with Crippen molar-refractivity contribution in [3.8, 4) is 0 Å². The van der Waals surface area contributed by atoms with Crippen LogP contribution in [-0.4, -0.2) is 10.1 Å². The van der Waals surface area contributed by atoms with Crippen molar-refractivity contribution < 1.29 is 4.85 Å². The third-order valence-corrected chi connectivity index (χ3v) is 2.35. The topological polar surface area (TPSA) is 52.7 Å². The molecule has 0 N–H and O–H groups in total. The number of halogens is 2. The molecule has 0 atom stereocenters. The van der Waals surface area contributed by atoms with Crippen LogP contribution in [0.25, 0.3) is 11.0 Å². The molecule has 0 amide bonds. The Morgan fingerprint density at radius 1 is 1.46 bits per heavy atom. The maximum Gasteiger partial charge on any atom is 0.290 e. The van der Waals surface area contributed by atoms with E-state index in [2.05, 4.69) is 26.0 Å². The molecule has 0 spiro atoms. The van der Waals surface area contributed by atoms with Gasteiger partial charge in [0, 0.05) is 11.2 Å².